The second kappa shape index (κ2) is 9.76. The molecule has 0 aromatic heterocycles. The number of carbonyl (C=O) groups is 2. The fourth-order valence-electron chi connectivity index (χ4n) is 3.10. The molecule has 0 atom stereocenters. The van der Waals surface area contributed by atoms with E-state index >= 15 is 0 Å². The van der Waals surface area contributed by atoms with Gasteiger partial charge >= 0.3 is 0 Å². The van der Waals surface area contributed by atoms with Crippen LogP contribution in [0.15, 0.2) is 42.5 Å². The van der Waals surface area contributed by atoms with Crippen molar-refractivity contribution in [2.75, 3.05) is 25.1 Å². The fraction of sp³-hybridized carbons (Fsp3) is 0.364. The number of ether oxygens (including phenoxy) is 1. The minimum atomic E-state index is -0.0686. The maximum atomic E-state index is 12.2. The topological polar surface area (TPSA) is 58.6 Å². The zero-order valence-corrected chi connectivity index (χ0v) is 16.5. The molecule has 0 aliphatic heterocycles. The summed E-state index contributed by atoms with van der Waals surface area (Å²) in [6.45, 7) is 6.41. The molecule has 2 rings (SSSR count). The molecule has 0 radical (unpaired) electrons. The van der Waals surface area contributed by atoms with Gasteiger partial charge in [0.1, 0.15) is 5.75 Å². The van der Waals surface area contributed by atoms with E-state index in [4.69, 9.17) is 4.74 Å². The average Bonchev–Trinajstić information content (AvgIpc) is 2.63. The van der Waals surface area contributed by atoms with Crippen molar-refractivity contribution in [3.8, 4) is 5.75 Å². The van der Waals surface area contributed by atoms with Crippen LogP contribution < -0.4 is 15.0 Å². The Morgan fingerprint density at radius 1 is 1.11 bits per heavy atom. The smallest absolute Gasteiger partial charge is 0.223 e. The summed E-state index contributed by atoms with van der Waals surface area (Å²) in [7, 11) is 1.64. The van der Waals surface area contributed by atoms with Crippen molar-refractivity contribution < 1.29 is 14.3 Å². The highest BCUT2D eigenvalue weighted by molar-refractivity contribution is 5.93. The van der Waals surface area contributed by atoms with E-state index in [0.29, 0.717) is 19.5 Å². The molecule has 2 amide bonds. The highest BCUT2D eigenvalue weighted by atomic mass is 16.5. The van der Waals surface area contributed by atoms with Crippen LogP contribution in [0.2, 0.25) is 0 Å². The van der Waals surface area contributed by atoms with Gasteiger partial charge in [-0.1, -0.05) is 35.9 Å². The molecule has 0 heterocycles. The number of aryl methyl sites for hydroxylation is 2. The lowest BCUT2D eigenvalue weighted by Gasteiger charge is -2.23. The number of anilines is 1. The summed E-state index contributed by atoms with van der Waals surface area (Å²) in [5.74, 6) is 0.689. The molecule has 5 nitrogen and oxygen atoms in total. The normalized spacial score (nSPS) is 10.4. The summed E-state index contributed by atoms with van der Waals surface area (Å²) in [6.07, 6.45) is 0.960. The van der Waals surface area contributed by atoms with E-state index in [1.54, 1.807) is 12.0 Å². The molecule has 0 spiro atoms. The first-order valence-corrected chi connectivity index (χ1v) is 9.16. The maximum absolute atomic E-state index is 12.2. The van der Waals surface area contributed by atoms with E-state index in [-0.39, 0.29) is 18.2 Å². The van der Waals surface area contributed by atoms with Crippen molar-refractivity contribution in [1.82, 2.24) is 5.32 Å². The lowest BCUT2D eigenvalue weighted by atomic mass is 10.1. The van der Waals surface area contributed by atoms with Gasteiger partial charge in [-0.2, -0.15) is 0 Å². The van der Waals surface area contributed by atoms with Crippen molar-refractivity contribution in [3.05, 3.63) is 59.2 Å². The van der Waals surface area contributed by atoms with Gasteiger partial charge in [-0.25, -0.2) is 0 Å². The fourth-order valence-corrected chi connectivity index (χ4v) is 3.10. The molecule has 0 bridgehead atoms. The van der Waals surface area contributed by atoms with Crippen LogP contribution in [-0.2, 0) is 16.0 Å². The minimum absolute atomic E-state index is 0.0659. The van der Waals surface area contributed by atoms with Crippen LogP contribution in [-0.4, -0.2) is 32.0 Å². The van der Waals surface area contributed by atoms with E-state index in [1.807, 2.05) is 56.3 Å². The largest absolute Gasteiger partial charge is 0.496 e. The number of rotatable bonds is 8. The quantitative estimate of drug-likeness (QED) is 0.777. The Morgan fingerprint density at radius 2 is 1.85 bits per heavy atom. The van der Waals surface area contributed by atoms with Crippen molar-refractivity contribution in [1.29, 1.82) is 0 Å². The molecule has 0 fully saturated rings. The Morgan fingerprint density at radius 3 is 2.52 bits per heavy atom. The van der Waals surface area contributed by atoms with Crippen LogP contribution >= 0.6 is 0 Å². The molecular formula is C22H28N2O3. The van der Waals surface area contributed by atoms with Gasteiger partial charge in [-0.3, -0.25) is 9.59 Å². The van der Waals surface area contributed by atoms with Crippen molar-refractivity contribution in [3.63, 3.8) is 0 Å². The van der Waals surface area contributed by atoms with Gasteiger partial charge in [0.2, 0.25) is 11.8 Å². The molecule has 2 aromatic rings. The van der Waals surface area contributed by atoms with Gasteiger partial charge in [0.15, 0.2) is 0 Å². The highest BCUT2D eigenvalue weighted by Crippen LogP contribution is 2.21. The van der Waals surface area contributed by atoms with Crippen LogP contribution in [0.5, 0.6) is 5.75 Å². The number of para-hydroxylation sites is 1. The van der Waals surface area contributed by atoms with Gasteiger partial charge in [0.25, 0.3) is 0 Å². The van der Waals surface area contributed by atoms with Gasteiger partial charge in [-0.15, -0.1) is 0 Å². The molecule has 0 aliphatic carbocycles. The maximum Gasteiger partial charge on any atom is 0.223 e. The molecular weight excluding hydrogens is 340 g/mol. The SMILES string of the molecule is COc1ccccc1CCNC(=O)CCN(C(C)=O)c1ccc(C)cc1C. The van der Waals surface area contributed by atoms with E-state index in [0.717, 1.165) is 28.1 Å². The molecule has 2 aromatic carbocycles. The number of benzene rings is 2. The van der Waals surface area contributed by atoms with E-state index in [2.05, 4.69) is 5.32 Å². The highest BCUT2D eigenvalue weighted by Gasteiger charge is 2.15. The number of methoxy groups -OCH3 is 1. The van der Waals surface area contributed by atoms with Gasteiger partial charge < -0.3 is 15.0 Å². The van der Waals surface area contributed by atoms with E-state index < -0.39 is 0 Å². The van der Waals surface area contributed by atoms with Gasteiger partial charge in [0.05, 0.1) is 7.11 Å². The van der Waals surface area contributed by atoms with E-state index in [9.17, 15) is 9.59 Å². The molecule has 0 aliphatic rings. The van der Waals surface area contributed by atoms with Crippen LogP contribution in [0.3, 0.4) is 0 Å². The minimum Gasteiger partial charge on any atom is -0.496 e. The van der Waals surface area contributed by atoms with Crippen LogP contribution in [0, 0.1) is 13.8 Å². The number of nitrogens with one attached hydrogen (secondary N) is 1. The lowest BCUT2D eigenvalue weighted by molar-refractivity contribution is -0.121. The van der Waals surface area contributed by atoms with Crippen molar-refractivity contribution in [2.24, 2.45) is 0 Å². The second-order valence-corrected chi connectivity index (χ2v) is 6.62. The molecule has 0 unspecified atom stereocenters. The summed E-state index contributed by atoms with van der Waals surface area (Å²) >= 11 is 0. The standard InChI is InChI=1S/C22H28N2O3/c1-16-9-10-20(17(2)15-16)24(18(3)25)14-12-22(26)23-13-11-19-7-5-6-8-21(19)27-4/h5-10,15H,11-14H2,1-4H3,(H,23,26). The van der Waals surface area contributed by atoms with Crippen LogP contribution in [0.4, 0.5) is 5.69 Å². The first-order valence-electron chi connectivity index (χ1n) is 9.16. The predicted octanol–water partition coefficient (Wildman–Crippen LogP) is 3.41. The summed E-state index contributed by atoms with van der Waals surface area (Å²) in [5, 5.41) is 2.92. The Labute approximate surface area is 161 Å². The Bertz CT molecular complexity index is 802. The van der Waals surface area contributed by atoms with Gasteiger partial charge in [-0.05, 0) is 43.5 Å². The molecule has 144 valence electrons. The third-order valence-corrected chi connectivity index (χ3v) is 4.49. The number of hydrogen-bond donors (Lipinski definition) is 1. The van der Waals surface area contributed by atoms with E-state index in [1.165, 1.54) is 6.92 Å². The number of amides is 2. The number of hydrogen-bond acceptors (Lipinski definition) is 3. The molecule has 27 heavy (non-hydrogen) atoms. The Kier molecular flexibility index (Phi) is 7.41. The van der Waals surface area contributed by atoms with Crippen molar-refractivity contribution in [2.45, 2.75) is 33.6 Å². The van der Waals surface area contributed by atoms with Crippen LogP contribution in [0.1, 0.15) is 30.0 Å². The zero-order chi connectivity index (χ0) is 19.8. The predicted molar refractivity (Wildman–Crippen MR) is 108 cm³/mol. The second-order valence-electron chi connectivity index (χ2n) is 6.62. The third-order valence-electron chi connectivity index (χ3n) is 4.49. The first-order chi connectivity index (χ1) is 12.9. The molecule has 5 heteroatoms. The monoisotopic (exact) mass is 368 g/mol. The summed E-state index contributed by atoms with van der Waals surface area (Å²) in [6, 6.07) is 13.7. The van der Waals surface area contributed by atoms with Crippen molar-refractivity contribution >= 4 is 17.5 Å². The number of carbonyl (C=O) groups excluding carboxylic acids is 2. The summed E-state index contributed by atoms with van der Waals surface area (Å²) in [5.41, 5.74) is 4.09. The lowest BCUT2D eigenvalue weighted by Crippen LogP contribution is -2.34. The summed E-state index contributed by atoms with van der Waals surface area (Å²) < 4.78 is 5.32. The van der Waals surface area contributed by atoms with Gasteiger partial charge in [0, 0.05) is 32.1 Å². The Hall–Kier alpha value is -2.82. The average molecular weight is 368 g/mol. The number of nitrogens with zero attached hydrogens (tertiary/aromatic N) is 1. The Balaban J connectivity index is 1.88. The van der Waals surface area contributed by atoms with Crippen LogP contribution in [0.25, 0.3) is 0 Å². The third kappa shape index (κ3) is 5.84. The molecule has 1 N–H and O–H groups in total. The zero-order valence-electron chi connectivity index (χ0n) is 16.5. The first kappa shape index (κ1) is 20.5. The molecule has 0 saturated carbocycles. The summed E-state index contributed by atoms with van der Waals surface area (Å²) in [4.78, 5) is 25.9. The molecule has 0 saturated heterocycles.